The van der Waals surface area contributed by atoms with Gasteiger partial charge in [0.15, 0.2) is 0 Å². The Bertz CT molecular complexity index is 235. The maximum Gasteiger partial charge on any atom is 0.112 e. The number of aryl methyl sites for hydroxylation is 1. The van der Waals surface area contributed by atoms with Crippen LogP contribution in [0.25, 0.3) is 0 Å². The molecule has 0 saturated carbocycles. The molecule has 0 bridgehead atoms. The first-order valence-corrected chi connectivity index (χ1v) is 3.33. The summed E-state index contributed by atoms with van der Waals surface area (Å²) in [5.74, 6) is 1.08. The second kappa shape index (κ2) is 2.69. The molecule has 0 N–H and O–H groups in total. The summed E-state index contributed by atoms with van der Waals surface area (Å²) in [6.07, 6.45) is 4.59. The van der Waals surface area contributed by atoms with Crippen molar-refractivity contribution in [2.75, 3.05) is 0 Å². The SMILES string of the molecule is C=CCc1ncc(C)n1C. The molecule has 0 aliphatic heterocycles. The normalized spacial score (nSPS) is 9.80. The van der Waals surface area contributed by atoms with Gasteiger partial charge in [-0.25, -0.2) is 4.98 Å². The largest absolute Gasteiger partial charge is 0.335 e. The van der Waals surface area contributed by atoms with E-state index in [4.69, 9.17) is 0 Å². The van der Waals surface area contributed by atoms with Gasteiger partial charge < -0.3 is 4.57 Å². The fraction of sp³-hybridized carbons (Fsp3) is 0.375. The van der Waals surface area contributed by atoms with E-state index in [0.29, 0.717) is 0 Å². The number of allylic oxidation sites excluding steroid dienone is 1. The van der Waals surface area contributed by atoms with Crippen LogP contribution in [-0.2, 0) is 13.5 Å². The lowest BCUT2D eigenvalue weighted by atomic mass is 10.4. The molecule has 0 unspecified atom stereocenters. The highest BCUT2D eigenvalue weighted by atomic mass is 15.0. The van der Waals surface area contributed by atoms with Gasteiger partial charge in [0.05, 0.1) is 0 Å². The summed E-state index contributed by atoms with van der Waals surface area (Å²) in [4.78, 5) is 4.20. The molecule has 10 heavy (non-hydrogen) atoms. The minimum Gasteiger partial charge on any atom is -0.335 e. The Morgan fingerprint density at radius 2 is 2.50 bits per heavy atom. The molecule has 0 amide bonds. The van der Waals surface area contributed by atoms with Crippen LogP contribution >= 0.6 is 0 Å². The van der Waals surface area contributed by atoms with Gasteiger partial charge in [-0.2, -0.15) is 0 Å². The van der Waals surface area contributed by atoms with Gasteiger partial charge >= 0.3 is 0 Å². The number of rotatable bonds is 2. The monoisotopic (exact) mass is 136 g/mol. The third-order valence-electron chi connectivity index (χ3n) is 1.64. The lowest BCUT2D eigenvalue weighted by Gasteiger charge is -1.98. The molecule has 0 spiro atoms. The Balaban J connectivity index is 2.93. The number of aromatic nitrogens is 2. The van der Waals surface area contributed by atoms with Gasteiger partial charge in [-0.1, -0.05) is 6.08 Å². The van der Waals surface area contributed by atoms with Gasteiger partial charge in [-0.05, 0) is 6.92 Å². The molecule has 1 rings (SSSR count). The van der Waals surface area contributed by atoms with Crippen molar-refractivity contribution in [1.29, 1.82) is 0 Å². The van der Waals surface area contributed by atoms with E-state index in [1.54, 1.807) is 0 Å². The minimum atomic E-state index is 0.852. The molecule has 54 valence electrons. The fourth-order valence-corrected chi connectivity index (χ4v) is 0.863. The van der Waals surface area contributed by atoms with Crippen molar-refractivity contribution < 1.29 is 0 Å². The first-order valence-electron chi connectivity index (χ1n) is 3.33. The van der Waals surface area contributed by atoms with Crippen molar-refractivity contribution in [3.8, 4) is 0 Å². The molecule has 0 aliphatic carbocycles. The van der Waals surface area contributed by atoms with Crippen LogP contribution in [0.4, 0.5) is 0 Å². The molecule has 1 heterocycles. The highest BCUT2D eigenvalue weighted by Gasteiger charge is 1.98. The summed E-state index contributed by atoms with van der Waals surface area (Å²) in [5.41, 5.74) is 1.19. The molecule has 0 radical (unpaired) electrons. The van der Waals surface area contributed by atoms with Crippen LogP contribution in [0.3, 0.4) is 0 Å². The average Bonchev–Trinajstić information content (AvgIpc) is 2.20. The third kappa shape index (κ3) is 1.10. The Kier molecular flexibility index (Phi) is 1.90. The van der Waals surface area contributed by atoms with Gasteiger partial charge in [-0.15, -0.1) is 6.58 Å². The van der Waals surface area contributed by atoms with Crippen molar-refractivity contribution in [3.05, 3.63) is 30.4 Å². The van der Waals surface area contributed by atoms with E-state index >= 15 is 0 Å². The van der Waals surface area contributed by atoms with E-state index in [1.807, 2.05) is 26.2 Å². The van der Waals surface area contributed by atoms with E-state index in [9.17, 15) is 0 Å². The maximum absolute atomic E-state index is 4.20. The summed E-state index contributed by atoms with van der Waals surface area (Å²) >= 11 is 0. The maximum atomic E-state index is 4.20. The van der Waals surface area contributed by atoms with Gasteiger partial charge in [-0.3, -0.25) is 0 Å². The van der Waals surface area contributed by atoms with Gasteiger partial charge in [0, 0.05) is 25.4 Å². The number of hydrogen-bond donors (Lipinski definition) is 0. The average molecular weight is 136 g/mol. The van der Waals surface area contributed by atoms with E-state index < -0.39 is 0 Å². The Labute approximate surface area is 61.2 Å². The van der Waals surface area contributed by atoms with Gasteiger partial charge in [0.2, 0.25) is 0 Å². The predicted molar refractivity (Wildman–Crippen MR) is 41.8 cm³/mol. The summed E-state index contributed by atoms with van der Waals surface area (Å²) < 4.78 is 2.07. The van der Waals surface area contributed by atoms with Gasteiger partial charge in [0.1, 0.15) is 5.82 Å². The summed E-state index contributed by atoms with van der Waals surface area (Å²) in [7, 11) is 2.02. The predicted octanol–water partition coefficient (Wildman–Crippen LogP) is 1.46. The van der Waals surface area contributed by atoms with E-state index in [-0.39, 0.29) is 0 Å². The lowest BCUT2D eigenvalue weighted by molar-refractivity contribution is 0.804. The van der Waals surface area contributed by atoms with E-state index in [1.165, 1.54) is 5.69 Å². The molecular weight excluding hydrogens is 124 g/mol. The van der Waals surface area contributed by atoms with Crippen LogP contribution in [0.15, 0.2) is 18.9 Å². The Morgan fingerprint density at radius 1 is 1.80 bits per heavy atom. The molecular formula is C8H12N2. The topological polar surface area (TPSA) is 17.8 Å². The lowest BCUT2D eigenvalue weighted by Crippen LogP contribution is -1.97. The van der Waals surface area contributed by atoms with E-state index in [2.05, 4.69) is 16.1 Å². The second-order valence-corrected chi connectivity index (χ2v) is 2.37. The molecule has 0 fully saturated rings. The quantitative estimate of drug-likeness (QED) is 0.563. The van der Waals surface area contributed by atoms with E-state index in [0.717, 1.165) is 12.2 Å². The fourth-order valence-electron chi connectivity index (χ4n) is 0.863. The molecule has 0 aromatic carbocycles. The highest BCUT2D eigenvalue weighted by Crippen LogP contribution is 2.01. The van der Waals surface area contributed by atoms with Crippen LogP contribution in [0.2, 0.25) is 0 Å². The van der Waals surface area contributed by atoms with Crippen LogP contribution in [0.1, 0.15) is 11.5 Å². The second-order valence-electron chi connectivity index (χ2n) is 2.37. The molecule has 2 heteroatoms. The third-order valence-corrected chi connectivity index (χ3v) is 1.64. The number of imidazole rings is 1. The van der Waals surface area contributed by atoms with Crippen molar-refractivity contribution in [1.82, 2.24) is 9.55 Å². The zero-order valence-electron chi connectivity index (χ0n) is 6.46. The Morgan fingerprint density at radius 3 is 2.90 bits per heavy atom. The molecule has 1 aromatic heterocycles. The molecule has 0 saturated heterocycles. The van der Waals surface area contributed by atoms with Gasteiger partial charge in [0.25, 0.3) is 0 Å². The smallest absolute Gasteiger partial charge is 0.112 e. The zero-order valence-corrected chi connectivity index (χ0v) is 6.46. The molecule has 0 atom stereocenters. The molecule has 2 nitrogen and oxygen atoms in total. The first kappa shape index (κ1) is 7.06. The molecule has 0 aliphatic rings. The van der Waals surface area contributed by atoms with Crippen LogP contribution < -0.4 is 0 Å². The Hall–Kier alpha value is -1.05. The minimum absolute atomic E-state index is 0.852. The first-order chi connectivity index (χ1) is 4.75. The summed E-state index contributed by atoms with van der Waals surface area (Å²) in [6, 6.07) is 0. The zero-order chi connectivity index (χ0) is 7.56. The van der Waals surface area contributed by atoms with Crippen LogP contribution in [0.5, 0.6) is 0 Å². The van der Waals surface area contributed by atoms with Crippen LogP contribution in [0, 0.1) is 6.92 Å². The number of hydrogen-bond acceptors (Lipinski definition) is 1. The van der Waals surface area contributed by atoms with Crippen LogP contribution in [-0.4, -0.2) is 9.55 Å². The summed E-state index contributed by atoms with van der Waals surface area (Å²) in [6.45, 7) is 5.69. The number of nitrogens with zero attached hydrogens (tertiary/aromatic N) is 2. The molecule has 1 aromatic rings. The van der Waals surface area contributed by atoms with Crippen molar-refractivity contribution in [2.24, 2.45) is 7.05 Å². The standard InChI is InChI=1S/C8H12N2/c1-4-5-8-9-6-7(2)10(8)3/h4,6H,1,5H2,2-3H3. The van der Waals surface area contributed by atoms with Crippen molar-refractivity contribution in [2.45, 2.75) is 13.3 Å². The summed E-state index contributed by atoms with van der Waals surface area (Å²) in [5, 5.41) is 0. The van der Waals surface area contributed by atoms with Crippen molar-refractivity contribution >= 4 is 0 Å². The highest BCUT2D eigenvalue weighted by molar-refractivity contribution is 5.04. The van der Waals surface area contributed by atoms with Crippen molar-refractivity contribution in [3.63, 3.8) is 0 Å².